The largest absolute Gasteiger partial charge is 0.507 e. The molecule has 2 aromatic heterocycles. The lowest BCUT2D eigenvalue weighted by Crippen LogP contribution is -2.16. The zero-order chi connectivity index (χ0) is 25.8. The average molecular weight is 501 g/mol. The molecule has 0 bridgehead atoms. The number of ketones is 1. The Kier molecular flexibility index (Phi) is 11.7. The maximum atomic E-state index is 12.9. The topological polar surface area (TPSA) is 93.8 Å². The van der Waals surface area contributed by atoms with Crippen LogP contribution in [0.2, 0.25) is 0 Å². The van der Waals surface area contributed by atoms with Crippen LogP contribution in [0.4, 0.5) is 0 Å². The van der Waals surface area contributed by atoms with Gasteiger partial charge in [0.25, 0.3) is 0 Å². The summed E-state index contributed by atoms with van der Waals surface area (Å²) in [7, 11) is 1.34. The Labute approximate surface area is 211 Å². The van der Waals surface area contributed by atoms with Gasteiger partial charge >= 0.3 is 11.6 Å². The van der Waals surface area contributed by atoms with Crippen molar-refractivity contribution in [3.8, 4) is 5.75 Å². The van der Waals surface area contributed by atoms with E-state index in [4.69, 9.17) is 4.42 Å². The number of aryl methyl sites for hydroxylation is 1. The Bertz CT molecular complexity index is 1100. The van der Waals surface area contributed by atoms with E-state index in [-0.39, 0.29) is 29.6 Å². The molecule has 0 aliphatic rings. The lowest BCUT2D eigenvalue weighted by Gasteiger charge is -2.11. The van der Waals surface area contributed by atoms with Crippen LogP contribution in [0.25, 0.3) is 6.08 Å². The van der Waals surface area contributed by atoms with E-state index >= 15 is 0 Å². The molecular weight excluding hydrogens is 464 g/mol. The van der Waals surface area contributed by atoms with Crippen LogP contribution in [0.1, 0.15) is 97.5 Å². The maximum absolute atomic E-state index is 12.9. The molecule has 2 heterocycles. The summed E-state index contributed by atoms with van der Waals surface area (Å²) in [5.74, 6) is -1.06. The van der Waals surface area contributed by atoms with Gasteiger partial charge in [0, 0.05) is 21.7 Å². The fourth-order valence-corrected chi connectivity index (χ4v) is 4.69. The minimum absolute atomic E-state index is 0.154. The van der Waals surface area contributed by atoms with Gasteiger partial charge in [-0.1, -0.05) is 45.3 Å². The summed E-state index contributed by atoms with van der Waals surface area (Å²) in [6.45, 7) is 5.70. The van der Waals surface area contributed by atoms with Crippen LogP contribution < -0.4 is 5.63 Å². The SMILES string of the molecule is CCCCCCc1ccc(C=C(C)C(=O)c2c(O)cc(C(C)CC/C=C/CC(=O)OC)oc2=O)s1. The molecule has 2 rings (SSSR count). The monoisotopic (exact) mass is 500 g/mol. The number of allylic oxidation sites excluding steroid dienone is 2. The third-order valence-corrected chi connectivity index (χ3v) is 6.88. The van der Waals surface area contributed by atoms with Crippen molar-refractivity contribution >= 4 is 29.2 Å². The van der Waals surface area contributed by atoms with Crippen LogP contribution in [0.15, 0.2) is 45.1 Å². The van der Waals surface area contributed by atoms with Crippen molar-refractivity contribution in [1.29, 1.82) is 0 Å². The van der Waals surface area contributed by atoms with E-state index in [0.717, 1.165) is 17.7 Å². The van der Waals surface area contributed by atoms with E-state index < -0.39 is 11.4 Å². The lowest BCUT2D eigenvalue weighted by molar-refractivity contribution is -0.139. The zero-order valence-corrected chi connectivity index (χ0v) is 21.9. The molecule has 0 amide bonds. The van der Waals surface area contributed by atoms with Gasteiger partial charge in [-0.05, 0) is 56.4 Å². The molecule has 190 valence electrons. The van der Waals surface area contributed by atoms with E-state index in [1.165, 1.54) is 37.3 Å². The highest BCUT2D eigenvalue weighted by molar-refractivity contribution is 7.12. The predicted molar refractivity (Wildman–Crippen MR) is 140 cm³/mol. The summed E-state index contributed by atoms with van der Waals surface area (Å²) in [5, 5.41) is 10.5. The Morgan fingerprint density at radius 2 is 1.97 bits per heavy atom. The molecule has 0 aromatic carbocycles. The van der Waals surface area contributed by atoms with Gasteiger partial charge in [0.15, 0.2) is 5.78 Å². The zero-order valence-electron chi connectivity index (χ0n) is 21.1. The highest BCUT2D eigenvalue weighted by atomic mass is 32.1. The van der Waals surface area contributed by atoms with E-state index in [0.29, 0.717) is 24.2 Å². The van der Waals surface area contributed by atoms with Crippen molar-refractivity contribution in [3.63, 3.8) is 0 Å². The fourth-order valence-electron chi connectivity index (χ4n) is 3.63. The minimum atomic E-state index is -0.839. The van der Waals surface area contributed by atoms with Gasteiger partial charge in [0.2, 0.25) is 0 Å². The van der Waals surface area contributed by atoms with Crippen LogP contribution in [0.5, 0.6) is 5.75 Å². The number of carbonyl (C=O) groups is 2. The summed E-state index contributed by atoms with van der Waals surface area (Å²) in [6.07, 6.45) is 12.7. The Balaban J connectivity index is 2.04. The summed E-state index contributed by atoms with van der Waals surface area (Å²) in [5.41, 5.74) is -0.818. The van der Waals surface area contributed by atoms with Crippen molar-refractivity contribution in [2.75, 3.05) is 7.11 Å². The van der Waals surface area contributed by atoms with E-state index in [1.807, 2.05) is 19.1 Å². The van der Waals surface area contributed by atoms with Gasteiger partial charge in [-0.2, -0.15) is 0 Å². The smallest absolute Gasteiger partial charge is 0.351 e. The highest BCUT2D eigenvalue weighted by Gasteiger charge is 2.22. The maximum Gasteiger partial charge on any atom is 0.351 e. The first-order chi connectivity index (χ1) is 16.8. The summed E-state index contributed by atoms with van der Waals surface area (Å²) in [4.78, 5) is 38.8. The fraction of sp³-hybridized carbons (Fsp3) is 0.464. The van der Waals surface area contributed by atoms with Crippen LogP contribution in [0.3, 0.4) is 0 Å². The summed E-state index contributed by atoms with van der Waals surface area (Å²) in [6, 6.07) is 5.40. The molecule has 0 fully saturated rings. The molecule has 1 unspecified atom stereocenters. The number of aromatic hydroxyl groups is 1. The predicted octanol–water partition coefficient (Wildman–Crippen LogP) is 6.82. The van der Waals surface area contributed by atoms with E-state index in [9.17, 15) is 19.5 Å². The molecule has 0 saturated carbocycles. The second-order valence-electron chi connectivity index (χ2n) is 8.70. The van der Waals surface area contributed by atoms with Gasteiger partial charge in [-0.25, -0.2) is 4.79 Å². The van der Waals surface area contributed by atoms with Gasteiger partial charge in [0.05, 0.1) is 13.5 Å². The number of hydrogen-bond acceptors (Lipinski definition) is 7. The van der Waals surface area contributed by atoms with Crippen LogP contribution >= 0.6 is 11.3 Å². The van der Waals surface area contributed by atoms with Gasteiger partial charge in [0.1, 0.15) is 17.1 Å². The average Bonchev–Trinajstić information content (AvgIpc) is 3.27. The van der Waals surface area contributed by atoms with E-state index in [2.05, 4.69) is 17.7 Å². The number of ether oxygens (including phenoxy) is 1. The molecule has 35 heavy (non-hydrogen) atoms. The van der Waals surface area contributed by atoms with Gasteiger partial charge in [-0.15, -0.1) is 11.3 Å². The molecule has 1 atom stereocenters. The second-order valence-corrected chi connectivity index (χ2v) is 9.90. The minimum Gasteiger partial charge on any atom is -0.507 e. The number of hydrogen-bond donors (Lipinski definition) is 1. The first kappa shape index (κ1) is 28.3. The van der Waals surface area contributed by atoms with Crippen LogP contribution in [-0.2, 0) is 16.0 Å². The summed E-state index contributed by atoms with van der Waals surface area (Å²) < 4.78 is 9.97. The molecule has 0 aliphatic heterocycles. The van der Waals surface area contributed by atoms with Crippen molar-refractivity contribution in [2.45, 2.75) is 78.1 Å². The molecule has 6 nitrogen and oxygen atoms in total. The molecular formula is C28H36O6S. The van der Waals surface area contributed by atoms with Crippen molar-refractivity contribution < 1.29 is 23.8 Å². The third kappa shape index (κ3) is 8.98. The molecule has 0 spiro atoms. The third-order valence-electron chi connectivity index (χ3n) is 5.78. The highest BCUT2D eigenvalue weighted by Crippen LogP contribution is 2.27. The van der Waals surface area contributed by atoms with Crippen LogP contribution in [0, 0.1) is 0 Å². The molecule has 0 saturated heterocycles. The number of Topliss-reactive ketones (excluding diaryl/α,β-unsaturated/α-hetero) is 1. The first-order valence-corrected chi connectivity index (χ1v) is 13.0. The van der Waals surface area contributed by atoms with Gasteiger partial charge in [-0.3, -0.25) is 9.59 Å². The summed E-state index contributed by atoms with van der Waals surface area (Å²) >= 11 is 1.64. The molecule has 0 aliphatic carbocycles. The quantitative estimate of drug-likeness (QED) is 0.101. The molecule has 0 radical (unpaired) electrons. The van der Waals surface area contributed by atoms with Crippen molar-refractivity contribution in [1.82, 2.24) is 0 Å². The molecule has 1 N–H and O–H groups in total. The molecule has 2 aromatic rings. The number of carbonyl (C=O) groups excluding carboxylic acids is 2. The second kappa shape index (κ2) is 14.5. The Morgan fingerprint density at radius 1 is 1.20 bits per heavy atom. The number of methoxy groups -OCH3 is 1. The van der Waals surface area contributed by atoms with E-state index in [1.54, 1.807) is 30.4 Å². The Hall–Kier alpha value is -2.93. The number of unbranched alkanes of at least 4 members (excludes halogenated alkanes) is 3. The number of rotatable bonds is 14. The Morgan fingerprint density at radius 3 is 2.66 bits per heavy atom. The first-order valence-electron chi connectivity index (χ1n) is 12.2. The number of thiophene rings is 1. The molecule has 7 heteroatoms. The lowest BCUT2D eigenvalue weighted by atomic mass is 9.99. The normalized spacial score (nSPS) is 12.7. The van der Waals surface area contributed by atoms with Crippen molar-refractivity contribution in [3.05, 3.63) is 67.4 Å². The number of esters is 1. The standard InChI is InChI=1S/C28H36O6S/c1-5-6-7-10-13-21-15-16-22(35-21)17-20(3)27(31)26-23(29)18-24(34-28(26)32)19(2)12-9-8-11-14-25(30)33-4/h8,11,15-19,29H,5-7,9-10,12-14H2,1-4H3/b11-8+,20-17?. The van der Waals surface area contributed by atoms with Crippen LogP contribution in [-0.4, -0.2) is 24.0 Å². The van der Waals surface area contributed by atoms with Crippen molar-refractivity contribution in [2.24, 2.45) is 0 Å². The van der Waals surface area contributed by atoms with Gasteiger partial charge < -0.3 is 14.3 Å².